The van der Waals surface area contributed by atoms with Gasteiger partial charge in [0.05, 0.1) is 11.6 Å². The third kappa shape index (κ3) is 3.98. The Morgan fingerprint density at radius 3 is 2.32 bits per heavy atom. The number of hydrogen-bond donors (Lipinski definition) is 2. The van der Waals surface area contributed by atoms with Crippen molar-refractivity contribution in [2.45, 2.75) is 13.1 Å². The number of benzene rings is 2. The second-order valence-corrected chi connectivity index (χ2v) is 5.09. The number of halogens is 1. The van der Waals surface area contributed by atoms with E-state index >= 15 is 0 Å². The molecule has 0 aliphatic rings. The molecule has 19 heavy (non-hydrogen) atoms. The Morgan fingerprint density at radius 1 is 1.05 bits per heavy atom. The lowest BCUT2D eigenvalue weighted by Gasteiger charge is -2.07. The van der Waals surface area contributed by atoms with E-state index in [1.807, 2.05) is 36.4 Å². The lowest BCUT2D eigenvalue weighted by atomic mass is 10.2. The van der Waals surface area contributed by atoms with E-state index in [0.717, 1.165) is 28.9 Å². The highest BCUT2D eigenvalue weighted by Crippen LogP contribution is 2.24. The van der Waals surface area contributed by atoms with Crippen LogP contribution in [0.5, 0.6) is 11.5 Å². The van der Waals surface area contributed by atoms with E-state index in [-0.39, 0.29) is 5.75 Å². The van der Waals surface area contributed by atoms with Gasteiger partial charge in [-0.1, -0.05) is 18.2 Å². The van der Waals surface area contributed by atoms with Crippen LogP contribution in [0.1, 0.15) is 11.1 Å². The van der Waals surface area contributed by atoms with Crippen LogP contribution in [0.15, 0.2) is 46.9 Å². The maximum Gasteiger partial charge on any atom is 0.129 e. The summed E-state index contributed by atoms with van der Waals surface area (Å²) < 4.78 is 5.84. The van der Waals surface area contributed by atoms with Crippen LogP contribution >= 0.6 is 15.9 Å². The van der Waals surface area contributed by atoms with Gasteiger partial charge in [0, 0.05) is 13.1 Å². The van der Waals surface area contributed by atoms with Gasteiger partial charge >= 0.3 is 0 Å². The molecule has 2 N–H and O–H groups in total. The van der Waals surface area contributed by atoms with Gasteiger partial charge in [0.1, 0.15) is 11.5 Å². The van der Waals surface area contributed by atoms with Crippen LogP contribution in [-0.2, 0) is 13.1 Å². The van der Waals surface area contributed by atoms with E-state index in [2.05, 4.69) is 21.2 Å². The van der Waals surface area contributed by atoms with Gasteiger partial charge in [-0.25, -0.2) is 0 Å². The van der Waals surface area contributed by atoms with Gasteiger partial charge in [-0.2, -0.15) is 0 Å². The molecule has 3 nitrogen and oxygen atoms in total. The Bertz CT molecular complexity index is 540. The Kier molecular flexibility index (Phi) is 4.82. The summed E-state index contributed by atoms with van der Waals surface area (Å²) in [7, 11) is 1.66. The zero-order valence-corrected chi connectivity index (χ0v) is 12.3. The summed E-state index contributed by atoms with van der Waals surface area (Å²) in [6, 6.07) is 13.5. The molecule has 0 atom stereocenters. The average molecular weight is 322 g/mol. The summed E-state index contributed by atoms with van der Waals surface area (Å²) in [5.74, 6) is 1.13. The van der Waals surface area contributed by atoms with Gasteiger partial charge in [-0.15, -0.1) is 0 Å². The van der Waals surface area contributed by atoms with Crippen molar-refractivity contribution in [3.05, 3.63) is 58.1 Å². The highest BCUT2D eigenvalue weighted by Gasteiger charge is 2.00. The fourth-order valence-corrected chi connectivity index (χ4v) is 2.18. The second kappa shape index (κ2) is 6.59. The number of phenolic OH excluding ortho intramolecular Hbond substituents is 1. The van der Waals surface area contributed by atoms with E-state index in [4.69, 9.17) is 4.74 Å². The topological polar surface area (TPSA) is 41.5 Å². The Morgan fingerprint density at radius 2 is 1.68 bits per heavy atom. The predicted molar refractivity (Wildman–Crippen MR) is 79.3 cm³/mol. The van der Waals surface area contributed by atoms with Crippen molar-refractivity contribution in [2.75, 3.05) is 7.11 Å². The number of aromatic hydroxyl groups is 1. The molecular weight excluding hydrogens is 306 g/mol. The molecule has 0 radical (unpaired) electrons. The first-order chi connectivity index (χ1) is 9.19. The lowest BCUT2D eigenvalue weighted by Crippen LogP contribution is -2.12. The molecule has 2 aromatic carbocycles. The zero-order valence-electron chi connectivity index (χ0n) is 10.7. The van der Waals surface area contributed by atoms with E-state index in [0.29, 0.717) is 0 Å². The van der Waals surface area contributed by atoms with Crippen LogP contribution < -0.4 is 10.1 Å². The number of phenols is 1. The van der Waals surface area contributed by atoms with Gasteiger partial charge in [0.25, 0.3) is 0 Å². The Balaban J connectivity index is 1.86. The van der Waals surface area contributed by atoms with Crippen LogP contribution in [0, 0.1) is 0 Å². The minimum absolute atomic E-state index is 0.263. The molecule has 2 aromatic rings. The van der Waals surface area contributed by atoms with Crippen molar-refractivity contribution in [1.82, 2.24) is 5.32 Å². The standard InChI is InChI=1S/C15H16BrNO2/c1-19-13-5-2-11(3-6-13)9-17-10-12-4-7-15(18)14(16)8-12/h2-8,17-18H,9-10H2,1H3. The van der Waals surface area contributed by atoms with Crippen molar-refractivity contribution in [3.8, 4) is 11.5 Å². The summed E-state index contributed by atoms with van der Waals surface area (Å²) >= 11 is 3.31. The molecule has 4 heteroatoms. The first-order valence-electron chi connectivity index (χ1n) is 6.00. The average Bonchev–Trinajstić information content (AvgIpc) is 2.43. The number of nitrogens with one attached hydrogen (secondary N) is 1. The molecule has 0 saturated carbocycles. The summed E-state index contributed by atoms with van der Waals surface area (Å²) in [6.07, 6.45) is 0. The second-order valence-electron chi connectivity index (χ2n) is 4.24. The van der Waals surface area contributed by atoms with Gasteiger partial charge in [0.15, 0.2) is 0 Å². The van der Waals surface area contributed by atoms with Crippen LogP contribution in [0.4, 0.5) is 0 Å². The smallest absolute Gasteiger partial charge is 0.129 e. The molecular formula is C15H16BrNO2. The first kappa shape index (κ1) is 13.9. The molecule has 0 heterocycles. The van der Waals surface area contributed by atoms with Crippen LogP contribution in [-0.4, -0.2) is 12.2 Å². The summed E-state index contributed by atoms with van der Waals surface area (Å²) in [5.41, 5.74) is 2.33. The highest BCUT2D eigenvalue weighted by atomic mass is 79.9. The van der Waals surface area contributed by atoms with Crippen LogP contribution in [0.25, 0.3) is 0 Å². The maximum absolute atomic E-state index is 9.42. The van der Waals surface area contributed by atoms with Crippen molar-refractivity contribution in [1.29, 1.82) is 0 Å². The molecule has 0 bridgehead atoms. The Labute approximate surface area is 121 Å². The molecule has 0 unspecified atom stereocenters. The molecule has 0 fully saturated rings. The largest absolute Gasteiger partial charge is 0.507 e. The molecule has 0 spiro atoms. The quantitative estimate of drug-likeness (QED) is 0.886. The van der Waals surface area contributed by atoms with Gasteiger partial charge in [0.2, 0.25) is 0 Å². The van der Waals surface area contributed by atoms with Crippen molar-refractivity contribution in [3.63, 3.8) is 0 Å². The predicted octanol–water partition coefficient (Wildman–Crippen LogP) is 3.45. The maximum atomic E-state index is 9.42. The molecule has 100 valence electrons. The monoisotopic (exact) mass is 321 g/mol. The normalized spacial score (nSPS) is 10.4. The first-order valence-corrected chi connectivity index (χ1v) is 6.79. The summed E-state index contributed by atoms with van der Waals surface area (Å²) in [4.78, 5) is 0. The SMILES string of the molecule is COc1ccc(CNCc2ccc(O)c(Br)c2)cc1. The van der Waals surface area contributed by atoms with Gasteiger partial charge < -0.3 is 15.2 Å². The summed E-state index contributed by atoms with van der Waals surface area (Å²) in [6.45, 7) is 1.55. The fourth-order valence-electron chi connectivity index (χ4n) is 1.75. The molecule has 2 rings (SSSR count). The van der Waals surface area contributed by atoms with Crippen molar-refractivity contribution in [2.24, 2.45) is 0 Å². The van der Waals surface area contributed by atoms with Crippen molar-refractivity contribution >= 4 is 15.9 Å². The van der Waals surface area contributed by atoms with Crippen LogP contribution in [0.3, 0.4) is 0 Å². The molecule has 0 aliphatic heterocycles. The lowest BCUT2D eigenvalue weighted by molar-refractivity contribution is 0.414. The molecule has 0 aromatic heterocycles. The van der Waals surface area contributed by atoms with Gasteiger partial charge in [-0.05, 0) is 51.3 Å². The minimum Gasteiger partial charge on any atom is -0.507 e. The van der Waals surface area contributed by atoms with Crippen LogP contribution in [0.2, 0.25) is 0 Å². The fraction of sp³-hybridized carbons (Fsp3) is 0.200. The minimum atomic E-state index is 0.263. The number of methoxy groups -OCH3 is 1. The third-order valence-corrected chi connectivity index (χ3v) is 3.46. The molecule has 0 amide bonds. The van der Waals surface area contributed by atoms with E-state index in [1.165, 1.54) is 5.56 Å². The molecule has 0 aliphatic carbocycles. The zero-order chi connectivity index (χ0) is 13.7. The van der Waals surface area contributed by atoms with E-state index in [1.54, 1.807) is 13.2 Å². The number of hydrogen-bond acceptors (Lipinski definition) is 3. The van der Waals surface area contributed by atoms with Crippen molar-refractivity contribution < 1.29 is 9.84 Å². The molecule has 0 saturated heterocycles. The van der Waals surface area contributed by atoms with Gasteiger partial charge in [-0.3, -0.25) is 0 Å². The van der Waals surface area contributed by atoms with E-state index < -0.39 is 0 Å². The summed E-state index contributed by atoms with van der Waals surface area (Å²) in [5, 5.41) is 12.8. The number of ether oxygens (including phenoxy) is 1. The number of rotatable bonds is 5. The third-order valence-electron chi connectivity index (χ3n) is 2.83. The van der Waals surface area contributed by atoms with E-state index in [9.17, 15) is 5.11 Å². The Hall–Kier alpha value is -1.52. The highest BCUT2D eigenvalue weighted by molar-refractivity contribution is 9.10.